The average molecular weight is 401 g/mol. The van der Waals surface area contributed by atoms with Crippen molar-refractivity contribution >= 4 is 39.6 Å². The van der Waals surface area contributed by atoms with Gasteiger partial charge in [0.1, 0.15) is 11.9 Å². The summed E-state index contributed by atoms with van der Waals surface area (Å²) in [6.07, 6.45) is 1.39. The predicted octanol–water partition coefficient (Wildman–Crippen LogP) is 3.51. The first kappa shape index (κ1) is 19.8. The Kier molecular flexibility index (Phi) is 5.95. The van der Waals surface area contributed by atoms with Crippen molar-refractivity contribution in [3.8, 4) is 6.07 Å². The first-order chi connectivity index (χ1) is 13.4. The van der Waals surface area contributed by atoms with Crippen molar-refractivity contribution in [3.05, 3.63) is 58.5 Å². The van der Waals surface area contributed by atoms with Crippen LogP contribution in [0, 0.1) is 17.1 Å². The smallest absolute Gasteiger partial charge is 0.141 e. The fourth-order valence-corrected chi connectivity index (χ4v) is 3.12. The van der Waals surface area contributed by atoms with Gasteiger partial charge in [-0.1, -0.05) is 11.6 Å². The molecule has 0 bridgehead atoms. The molecule has 0 fully saturated rings. The molecular formula is C20H18ClFN4O2. The molecule has 0 saturated heterocycles. The number of nitrogens with zero attached hydrogens (tertiary/aromatic N) is 2. The number of aliphatic hydroxyl groups excluding tert-OH is 2. The summed E-state index contributed by atoms with van der Waals surface area (Å²) >= 11 is 5.85. The number of aliphatic hydroxyl groups is 2. The summed E-state index contributed by atoms with van der Waals surface area (Å²) in [5.41, 5.74) is 9.19. The van der Waals surface area contributed by atoms with E-state index >= 15 is 0 Å². The fourth-order valence-electron chi connectivity index (χ4n) is 2.94. The lowest BCUT2D eigenvalue weighted by Crippen LogP contribution is -2.13. The lowest BCUT2D eigenvalue weighted by atomic mass is 10.00. The number of pyridine rings is 1. The Bertz CT molecular complexity index is 1070. The van der Waals surface area contributed by atoms with Crippen LogP contribution in [0.15, 0.2) is 36.5 Å². The van der Waals surface area contributed by atoms with Crippen LogP contribution in [0.2, 0.25) is 5.02 Å². The molecule has 1 heterocycles. The Morgan fingerprint density at radius 3 is 2.79 bits per heavy atom. The van der Waals surface area contributed by atoms with Gasteiger partial charge in [0.2, 0.25) is 0 Å². The van der Waals surface area contributed by atoms with Crippen molar-refractivity contribution in [3.63, 3.8) is 0 Å². The number of nitrogens with two attached hydrogens (primary N) is 1. The molecular weight excluding hydrogens is 383 g/mol. The number of nitrogens with one attached hydrogen (secondary N) is 1. The van der Waals surface area contributed by atoms with E-state index in [1.807, 2.05) is 0 Å². The molecule has 0 aliphatic heterocycles. The largest absolute Gasteiger partial charge is 0.399 e. The molecule has 3 rings (SSSR count). The SMILES string of the molecule is N#Cc1cnc2c(CCC(O)CO)cc(N)cc2c1Nc1ccc(F)c(Cl)c1. The molecule has 0 saturated carbocycles. The Hall–Kier alpha value is -2.92. The maximum Gasteiger partial charge on any atom is 0.141 e. The number of hydrogen-bond acceptors (Lipinski definition) is 6. The summed E-state index contributed by atoms with van der Waals surface area (Å²) in [5.74, 6) is -0.540. The van der Waals surface area contributed by atoms with Crippen LogP contribution < -0.4 is 11.1 Å². The highest BCUT2D eigenvalue weighted by molar-refractivity contribution is 6.31. The van der Waals surface area contributed by atoms with Crippen LogP contribution in [-0.2, 0) is 6.42 Å². The van der Waals surface area contributed by atoms with Crippen molar-refractivity contribution in [1.29, 1.82) is 5.26 Å². The van der Waals surface area contributed by atoms with E-state index in [4.69, 9.17) is 22.4 Å². The maximum atomic E-state index is 13.4. The second-order valence-electron chi connectivity index (χ2n) is 6.36. The number of halogens is 2. The molecule has 3 aromatic rings. The molecule has 0 aliphatic carbocycles. The molecule has 1 atom stereocenters. The van der Waals surface area contributed by atoms with Gasteiger partial charge in [-0.05, 0) is 48.7 Å². The molecule has 8 heteroatoms. The summed E-state index contributed by atoms with van der Waals surface area (Å²) in [4.78, 5) is 4.38. The Balaban J connectivity index is 2.11. The number of aromatic nitrogens is 1. The Labute approximate surface area is 166 Å². The molecule has 1 aromatic heterocycles. The topological polar surface area (TPSA) is 115 Å². The molecule has 144 valence electrons. The zero-order valence-corrected chi connectivity index (χ0v) is 15.5. The first-order valence-corrected chi connectivity index (χ1v) is 8.93. The van der Waals surface area contributed by atoms with Gasteiger partial charge < -0.3 is 21.3 Å². The molecule has 5 N–H and O–H groups in total. The minimum atomic E-state index is -0.839. The molecule has 0 radical (unpaired) electrons. The number of benzene rings is 2. The van der Waals surface area contributed by atoms with E-state index in [0.29, 0.717) is 46.4 Å². The van der Waals surface area contributed by atoms with Crippen molar-refractivity contribution in [2.45, 2.75) is 18.9 Å². The van der Waals surface area contributed by atoms with Gasteiger partial charge in [0, 0.05) is 23.0 Å². The van der Waals surface area contributed by atoms with Gasteiger partial charge >= 0.3 is 0 Å². The number of nitrogen functional groups attached to an aromatic ring is 1. The average Bonchev–Trinajstić information content (AvgIpc) is 2.69. The minimum Gasteiger partial charge on any atom is -0.399 e. The van der Waals surface area contributed by atoms with Crippen LogP contribution in [0.1, 0.15) is 17.5 Å². The van der Waals surface area contributed by atoms with E-state index < -0.39 is 11.9 Å². The highest BCUT2D eigenvalue weighted by Crippen LogP contribution is 2.33. The van der Waals surface area contributed by atoms with Gasteiger partial charge in [-0.2, -0.15) is 5.26 Å². The number of anilines is 3. The molecule has 0 amide bonds. The van der Waals surface area contributed by atoms with Crippen LogP contribution in [0.4, 0.5) is 21.5 Å². The van der Waals surface area contributed by atoms with E-state index in [0.717, 1.165) is 5.56 Å². The maximum absolute atomic E-state index is 13.4. The van der Waals surface area contributed by atoms with E-state index in [9.17, 15) is 14.8 Å². The Morgan fingerprint density at radius 2 is 2.11 bits per heavy atom. The van der Waals surface area contributed by atoms with E-state index in [-0.39, 0.29) is 11.6 Å². The summed E-state index contributed by atoms with van der Waals surface area (Å²) in [7, 11) is 0. The summed E-state index contributed by atoms with van der Waals surface area (Å²) in [6.45, 7) is -0.329. The van der Waals surface area contributed by atoms with E-state index in [1.54, 1.807) is 12.1 Å². The fraction of sp³-hybridized carbons (Fsp3) is 0.200. The zero-order valence-electron chi connectivity index (χ0n) is 14.8. The second kappa shape index (κ2) is 8.40. The summed E-state index contributed by atoms with van der Waals surface area (Å²) < 4.78 is 13.4. The molecule has 2 aromatic carbocycles. The van der Waals surface area contributed by atoms with Gasteiger partial charge in [-0.3, -0.25) is 4.98 Å². The van der Waals surface area contributed by atoms with Crippen LogP contribution in [-0.4, -0.2) is 27.9 Å². The van der Waals surface area contributed by atoms with E-state index in [2.05, 4.69) is 16.4 Å². The Morgan fingerprint density at radius 1 is 1.32 bits per heavy atom. The van der Waals surface area contributed by atoms with Crippen LogP contribution in [0.25, 0.3) is 10.9 Å². The normalized spacial score (nSPS) is 12.0. The first-order valence-electron chi connectivity index (χ1n) is 8.55. The molecule has 28 heavy (non-hydrogen) atoms. The van der Waals surface area contributed by atoms with Crippen molar-refractivity contribution in [1.82, 2.24) is 4.98 Å². The van der Waals surface area contributed by atoms with Crippen molar-refractivity contribution in [2.75, 3.05) is 17.7 Å². The van der Waals surface area contributed by atoms with Gasteiger partial charge in [-0.15, -0.1) is 0 Å². The van der Waals surface area contributed by atoms with Crippen molar-refractivity contribution < 1.29 is 14.6 Å². The molecule has 0 spiro atoms. The van der Waals surface area contributed by atoms with Crippen LogP contribution >= 0.6 is 11.6 Å². The highest BCUT2D eigenvalue weighted by Gasteiger charge is 2.15. The molecule has 0 aliphatic rings. The van der Waals surface area contributed by atoms with Crippen LogP contribution in [0.3, 0.4) is 0 Å². The standard InChI is InChI=1S/C20H18ClFN4O2/c21-17-7-14(2-4-18(17)22)26-20-12(8-23)9-25-19-11(1-3-15(28)10-27)5-13(24)6-16(19)20/h2,4-7,9,15,27-28H,1,3,10,24H2,(H,25,26). The zero-order chi connectivity index (χ0) is 20.3. The quantitative estimate of drug-likeness (QED) is 0.470. The van der Waals surface area contributed by atoms with Gasteiger partial charge in [0.05, 0.1) is 34.5 Å². The third-order valence-electron chi connectivity index (χ3n) is 4.34. The number of rotatable bonds is 6. The second-order valence-corrected chi connectivity index (χ2v) is 6.77. The lowest BCUT2D eigenvalue weighted by Gasteiger charge is -2.15. The third-order valence-corrected chi connectivity index (χ3v) is 4.63. The van der Waals surface area contributed by atoms with Gasteiger partial charge in [-0.25, -0.2) is 4.39 Å². The van der Waals surface area contributed by atoms with E-state index in [1.165, 1.54) is 24.4 Å². The molecule has 1 unspecified atom stereocenters. The summed E-state index contributed by atoms with van der Waals surface area (Å²) in [5, 5.41) is 31.8. The number of aryl methyl sites for hydroxylation is 1. The van der Waals surface area contributed by atoms with Crippen LogP contribution in [0.5, 0.6) is 0 Å². The number of nitriles is 1. The van der Waals surface area contributed by atoms with Gasteiger partial charge in [0.15, 0.2) is 0 Å². The van der Waals surface area contributed by atoms with Gasteiger partial charge in [0.25, 0.3) is 0 Å². The predicted molar refractivity (Wildman–Crippen MR) is 107 cm³/mol. The monoisotopic (exact) mass is 400 g/mol. The molecule has 6 nitrogen and oxygen atoms in total. The highest BCUT2D eigenvalue weighted by atomic mass is 35.5. The van der Waals surface area contributed by atoms with Crippen molar-refractivity contribution in [2.24, 2.45) is 0 Å². The number of hydrogen-bond donors (Lipinski definition) is 4. The third kappa shape index (κ3) is 4.15. The summed E-state index contributed by atoms with van der Waals surface area (Å²) in [6, 6.07) is 9.71. The lowest BCUT2D eigenvalue weighted by molar-refractivity contribution is 0.0886. The minimum absolute atomic E-state index is 0.0416. The number of fused-ring (bicyclic) bond motifs is 1.